The van der Waals surface area contributed by atoms with Crippen molar-refractivity contribution in [2.45, 2.75) is 39.2 Å². The van der Waals surface area contributed by atoms with Crippen molar-refractivity contribution < 1.29 is 4.79 Å². The van der Waals surface area contributed by atoms with E-state index >= 15 is 0 Å². The van der Waals surface area contributed by atoms with Gasteiger partial charge in [0.25, 0.3) is 0 Å². The maximum atomic E-state index is 12.3. The first-order chi connectivity index (χ1) is 12.1. The largest absolute Gasteiger partial charge is 0.308 e. The number of carbonyl (C=O) groups excluding carboxylic acids is 1. The molecule has 128 valence electrons. The molecule has 0 radical (unpaired) electrons. The highest BCUT2D eigenvalue weighted by Crippen LogP contribution is 2.49. The molecule has 2 aromatic carbocycles. The van der Waals surface area contributed by atoms with E-state index in [1.54, 1.807) is 6.92 Å². The average Bonchev–Trinajstić information content (AvgIpc) is 3.36. The second-order valence-electron chi connectivity index (χ2n) is 7.11. The minimum absolute atomic E-state index is 0.0492. The highest BCUT2D eigenvalue weighted by atomic mass is 35.5. The molecule has 0 saturated heterocycles. The molecule has 0 aromatic heterocycles. The van der Waals surface area contributed by atoms with Gasteiger partial charge in [-0.3, -0.25) is 4.79 Å². The SMILES string of the molecule is CC[C@H]1C[C@H]1c1ccc2c(c1)CN(C(C)=O)c1ccc(Cl)cc1/C=C\2. The molecule has 2 atom stereocenters. The number of hydrogen-bond acceptors (Lipinski definition) is 1. The molecule has 2 aromatic rings. The molecule has 1 fully saturated rings. The number of anilines is 1. The van der Waals surface area contributed by atoms with Crippen molar-refractivity contribution in [3.63, 3.8) is 0 Å². The normalized spacial score (nSPS) is 22.4. The van der Waals surface area contributed by atoms with Crippen LogP contribution in [0.1, 0.15) is 54.9 Å². The molecule has 0 spiro atoms. The zero-order chi connectivity index (χ0) is 17.6. The molecule has 1 aliphatic heterocycles. The van der Waals surface area contributed by atoms with E-state index in [1.807, 2.05) is 23.1 Å². The summed E-state index contributed by atoms with van der Waals surface area (Å²) in [4.78, 5) is 14.2. The van der Waals surface area contributed by atoms with Crippen LogP contribution in [0, 0.1) is 5.92 Å². The maximum Gasteiger partial charge on any atom is 0.224 e. The van der Waals surface area contributed by atoms with E-state index in [-0.39, 0.29) is 5.91 Å². The summed E-state index contributed by atoms with van der Waals surface area (Å²) < 4.78 is 0. The van der Waals surface area contributed by atoms with Gasteiger partial charge in [-0.2, -0.15) is 0 Å². The number of halogens is 1. The Hall–Kier alpha value is -2.06. The predicted molar refractivity (Wildman–Crippen MR) is 105 cm³/mol. The molecular weight excluding hydrogens is 330 g/mol. The summed E-state index contributed by atoms with van der Waals surface area (Å²) in [7, 11) is 0. The Morgan fingerprint density at radius 3 is 2.68 bits per heavy atom. The molecule has 0 N–H and O–H groups in total. The minimum atomic E-state index is 0.0492. The maximum absolute atomic E-state index is 12.3. The summed E-state index contributed by atoms with van der Waals surface area (Å²) in [6, 6.07) is 12.4. The zero-order valence-electron chi connectivity index (χ0n) is 14.6. The molecule has 2 aliphatic rings. The molecule has 1 saturated carbocycles. The van der Waals surface area contributed by atoms with Crippen LogP contribution < -0.4 is 4.90 Å². The van der Waals surface area contributed by atoms with Gasteiger partial charge in [0, 0.05) is 11.9 Å². The van der Waals surface area contributed by atoms with Gasteiger partial charge in [-0.15, -0.1) is 0 Å². The Kier molecular flexibility index (Phi) is 4.16. The second kappa shape index (κ2) is 6.34. The minimum Gasteiger partial charge on any atom is -0.308 e. The Labute approximate surface area is 154 Å². The van der Waals surface area contributed by atoms with Crippen LogP contribution in [0.3, 0.4) is 0 Å². The zero-order valence-corrected chi connectivity index (χ0v) is 15.4. The third kappa shape index (κ3) is 3.11. The highest BCUT2D eigenvalue weighted by Gasteiger charge is 2.36. The van der Waals surface area contributed by atoms with Gasteiger partial charge in [0.05, 0.1) is 12.2 Å². The molecule has 2 nitrogen and oxygen atoms in total. The number of amides is 1. The predicted octanol–water partition coefficient (Wildman–Crippen LogP) is 5.89. The van der Waals surface area contributed by atoms with Crippen LogP contribution >= 0.6 is 11.6 Å². The van der Waals surface area contributed by atoms with Crippen molar-refractivity contribution >= 4 is 35.3 Å². The topological polar surface area (TPSA) is 20.3 Å². The van der Waals surface area contributed by atoms with E-state index in [9.17, 15) is 4.79 Å². The lowest BCUT2D eigenvalue weighted by molar-refractivity contribution is -0.116. The number of rotatable bonds is 2. The van der Waals surface area contributed by atoms with Crippen LogP contribution in [-0.2, 0) is 11.3 Å². The van der Waals surface area contributed by atoms with Crippen molar-refractivity contribution in [2.24, 2.45) is 5.92 Å². The number of nitrogens with zero attached hydrogens (tertiary/aromatic N) is 1. The second-order valence-corrected chi connectivity index (χ2v) is 7.55. The van der Waals surface area contributed by atoms with Gasteiger partial charge in [0.15, 0.2) is 0 Å². The summed E-state index contributed by atoms with van der Waals surface area (Å²) in [5, 5.41) is 0.683. The lowest BCUT2D eigenvalue weighted by Gasteiger charge is -2.26. The molecule has 25 heavy (non-hydrogen) atoms. The molecule has 1 heterocycles. The summed E-state index contributed by atoms with van der Waals surface area (Å²) in [6.07, 6.45) is 6.73. The Morgan fingerprint density at radius 2 is 1.96 bits per heavy atom. The van der Waals surface area contributed by atoms with Crippen molar-refractivity contribution in [3.05, 3.63) is 63.7 Å². The first kappa shape index (κ1) is 16.4. The van der Waals surface area contributed by atoms with Crippen LogP contribution in [0.5, 0.6) is 0 Å². The Morgan fingerprint density at radius 1 is 1.16 bits per heavy atom. The van der Waals surface area contributed by atoms with Gasteiger partial charge in [-0.25, -0.2) is 0 Å². The summed E-state index contributed by atoms with van der Waals surface area (Å²) in [5.41, 5.74) is 5.70. The van der Waals surface area contributed by atoms with Crippen molar-refractivity contribution in [2.75, 3.05) is 4.90 Å². The van der Waals surface area contributed by atoms with Crippen LogP contribution in [0.4, 0.5) is 5.69 Å². The lowest BCUT2D eigenvalue weighted by Crippen LogP contribution is -2.29. The third-order valence-electron chi connectivity index (χ3n) is 5.47. The van der Waals surface area contributed by atoms with Crippen LogP contribution in [0.15, 0.2) is 36.4 Å². The molecule has 0 unspecified atom stereocenters. The van der Waals surface area contributed by atoms with Gasteiger partial charge < -0.3 is 4.90 Å². The van der Waals surface area contributed by atoms with Crippen LogP contribution in [-0.4, -0.2) is 5.91 Å². The fraction of sp³-hybridized carbons (Fsp3) is 0.318. The average molecular weight is 352 g/mol. The Bertz CT molecular complexity index is 870. The van der Waals surface area contributed by atoms with Crippen molar-refractivity contribution in [1.82, 2.24) is 0 Å². The van der Waals surface area contributed by atoms with Gasteiger partial charge in [-0.05, 0) is 58.7 Å². The summed E-state index contributed by atoms with van der Waals surface area (Å²) in [5.74, 6) is 1.57. The summed E-state index contributed by atoms with van der Waals surface area (Å²) >= 11 is 6.15. The fourth-order valence-electron chi connectivity index (χ4n) is 3.88. The van der Waals surface area contributed by atoms with Gasteiger partial charge >= 0.3 is 0 Å². The van der Waals surface area contributed by atoms with E-state index in [0.29, 0.717) is 17.5 Å². The van der Waals surface area contributed by atoms with Gasteiger partial charge in [0.1, 0.15) is 0 Å². The van der Waals surface area contributed by atoms with Crippen molar-refractivity contribution in [3.8, 4) is 0 Å². The molecule has 4 rings (SSSR count). The van der Waals surface area contributed by atoms with E-state index < -0.39 is 0 Å². The van der Waals surface area contributed by atoms with E-state index in [0.717, 1.165) is 17.2 Å². The lowest BCUT2D eigenvalue weighted by atomic mass is 9.97. The molecular formula is C22H22ClNO. The molecule has 3 heteroatoms. The molecule has 1 aliphatic carbocycles. The monoisotopic (exact) mass is 351 g/mol. The number of hydrogen-bond donors (Lipinski definition) is 0. The van der Waals surface area contributed by atoms with Gasteiger partial charge in [-0.1, -0.05) is 55.3 Å². The highest BCUT2D eigenvalue weighted by molar-refractivity contribution is 6.30. The van der Waals surface area contributed by atoms with Gasteiger partial charge in [0.2, 0.25) is 5.91 Å². The smallest absolute Gasteiger partial charge is 0.224 e. The van der Waals surface area contributed by atoms with E-state index in [1.165, 1.54) is 29.5 Å². The van der Waals surface area contributed by atoms with Crippen LogP contribution in [0.25, 0.3) is 12.2 Å². The Balaban J connectivity index is 1.78. The van der Waals surface area contributed by atoms with E-state index in [4.69, 9.17) is 11.6 Å². The number of fused-ring (bicyclic) bond motifs is 2. The summed E-state index contributed by atoms with van der Waals surface area (Å²) in [6.45, 7) is 4.49. The fourth-order valence-corrected chi connectivity index (χ4v) is 4.06. The molecule has 0 bridgehead atoms. The quantitative estimate of drug-likeness (QED) is 0.660. The first-order valence-corrected chi connectivity index (χ1v) is 9.33. The van der Waals surface area contributed by atoms with E-state index in [2.05, 4.69) is 37.3 Å². The molecule has 1 amide bonds. The van der Waals surface area contributed by atoms with Crippen LogP contribution in [0.2, 0.25) is 5.02 Å². The van der Waals surface area contributed by atoms with Crippen molar-refractivity contribution in [1.29, 1.82) is 0 Å². The third-order valence-corrected chi connectivity index (χ3v) is 5.71. The first-order valence-electron chi connectivity index (χ1n) is 8.95. The standard InChI is InChI=1S/C22H22ClNO/c1-3-15-12-21(15)17-6-4-16-5-7-18-11-20(23)8-9-22(18)24(14(2)25)13-19(16)10-17/h4-11,15,21H,3,12-13H2,1-2H3/b7-5-/t15-,21+/m0/s1. The number of carbonyl (C=O) groups is 1. The number of benzene rings is 2.